The first kappa shape index (κ1) is 11.4. The summed E-state index contributed by atoms with van der Waals surface area (Å²) in [7, 11) is 2.15. The van der Waals surface area contributed by atoms with Crippen molar-refractivity contribution in [2.24, 2.45) is 5.73 Å². The van der Waals surface area contributed by atoms with Crippen LogP contribution in [0.25, 0.3) is 0 Å². The summed E-state index contributed by atoms with van der Waals surface area (Å²) in [5.74, 6) is 0.957. The molecule has 1 aromatic carbocycles. The molecule has 0 saturated heterocycles. The Hall–Kier alpha value is -1.06. The van der Waals surface area contributed by atoms with E-state index in [9.17, 15) is 0 Å². The van der Waals surface area contributed by atoms with Crippen molar-refractivity contribution in [2.45, 2.75) is 26.4 Å². The fourth-order valence-corrected chi connectivity index (χ4v) is 2.23. The number of hydrogen-bond acceptors (Lipinski definition) is 3. The quantitative estimate of drug-likeness (QED) is 0.839. The molecule has 3 nitrogen and oxygen atoms in total. The van der Waals surface area contributed by atoms with Crippen molar-refractivity contribution >= 4 is 0 Å². The molecule has 0 bridgehead atoms. The second kappa shape index (κ2) is 4.85. The van der Waals surface area contributed by atoms with Crippen molar-refractivity contribution in [2.75, 3.05) is 20.2 Å². The molecule has 0 unspecified atom stereocenters. The van der Waals surface area contributed by atoms with Gasteiger partial charge in [-0.1, -0.05) is 6.07 Å². The zero-order chi connectivity index (χ0) is 11.5. The minimum atomic E-state index is 0.554. The van der Waals surface area contributed by atoms with Gasteiger partial charge in [-0.25, -0.2) is 0 Å². The van der Waals surface area contributed by atoms with E-state index >= 15 is 0 Å². The first-order valence-electron chi connectivity index (χ1n) is 5.90. The number of hydrogen-bond donors (Lipinski definition) is 1. The van der Waals surface area contributed by atoms with E-state index in [2.05, 4.69) is 24.1 Å². The molecular weight excluding hydrogens is 200 g/mol. The van der Waals surface area contributed by atoms with Crippen molar-refractivity contribution in [1.82, 2.24) is 4.90 Å². The topological polar surface area (TPSA) is 38.5 Å². The molecular formula is C13H20N2O. The van der Waals surface area contributed by atoms with Gasteiger partial charge in [0.2, 0.25) is 0 Å². The highest BCUT2D eigenvalue weighted by molar-refractivity contribution is 5.43. The van der Waals surface area contributed by atoms with Gasteiger partial charge in [-0.3, -0.25) is 0 Å². The lowest BCUT2D eigenvalue weighted by Gasteiger charge is -2.26. The Morgan fingerprint density at radius 1 is 1.38 bits per heavy atom. The summed E-state index contributed by atoms with van der Waals surface area (Å²) >= 11 is 0. The largest absolute Gasteiger partial charge is 0.494 e. The molecule has 0 aromatic heterocycles. The summed E-state index contributed by atoms with van der Waals surface area (Å²) in [6, 6.07) is 4.38. The lowest BCUT2D eigenvalue weighted by atomic mass is 9.97. The second-order valence-electron chi connectivity index (χ2n) is 4.35. The summed E-state index contributed by atoms with van der Waals surface area (Å²) in [5.41, 5.74) is 9.70. The van der Waals surface area contributed by atoms with Gasteiger partial charge in [0.1, 0.15) is 5.75 Å². The lowest BCUT2D eigenvalue weighted by Crippen LogP contribution is -2.26. The van der Waals surface area contributed by atoms with Crippen LogP contribution in [0.2, 0.25) is 0 Å². The van der Waals surface area contributed by atoms with Crippen molar-refractivity contribution in [3.05, 3.63) is 28.8 Å². The SMILES string of the molecule is CCOc1cc2c(cc1CN)CCN(C)C2. The van der Waals surface area contributed by atoms with Crippen LogP contribution in [-0.2, 0) is 19.5 Å². The molecule has 0 atom stereocenters. The molecule has 0 fully saturated rings. The van der Waals surface area contributed by atoms with E-state index < -0.39 is 0 Å². The number of nitrogens with zero attached hydrogens (tertiary/aromatic N) is 1. The van der Waals surface area contributed by atoms with Crippen LogP contribution in [0.3, 0.4) is 0 Å². The molecule has 1 heterocycles. The fourth-order valence-electron chi connectivity index (χ4n) is 2.23. The monoisotopic (exact) mass is 220 g/mol. The van der Waals surface area contributed by atoms with Gasteiger partial charge in [0, 0.05) is 25.2 Å². The average Bonchev–Trinajstić information content (AvgIpc) is 2.28. The predicted octanol–water partition coefficient (Wildman–Crippen LogP) is 1.53. The minimum Gasteiger partial charge on any atom is -0.494 e. The summed E-state index contributed by atoms with van der Waals surface area (Å²) in [4.78, 5) is 2.33. The molecule has 0 spiro atoms. The highest BCUT2D eigenvalue weighted by Gasteiger charge is 2.16. The van der Waals surface area contributed by atoms with Crippen LogP contribution in [0.1, 0.15) is 23.6 Å². The Morgan fingerprint density at radius 2 is 2.19 bits per heavy atom. The summed E-state index contributed by atoms with van der Waals surface area (Å²) in [6.07, 6.45) is 1.12. The number of fused-ring (bicyclic) bond motifs is 1. The van der Waals surface area contributed by atoms with E-state index in [0.717, 1.165) is 30.8 Å². The molecule has 0 saturated carbocycles. The first-order chi connectivity index (χ1) is 7.74. The van der Waals surface area contributed by atoms with E-state index in [0.29, 0.717) is 13.2 Å². The first-order valence-corrected chi connectivity index (χ1v) is 5.90. The Bertz CT molecular complexity index is 365. The highest BCUT2D eigenvalue weighted by Crippen LogP contribution is 2.27. The third-order valence-electron chi connectivity index (χ3n) is 3.11. The average molecular weight is 220 g/mol. The van der Waals surface area contributed by atoms with Crippen LogP contribution in [-0.4, -0.2) is 25.1 Å². The van der Waals surface area contributed by atoms with Crippen molar-refractivity contribution in [3.8, 4) is 5.75 Å². The molecule has 1 aliphatic heterocycles. The summed E-state index contributed by atoms with van der Waals surface area (Å²) in [6.45, 7) is 5.40. The van der Waals surface area contributed by atoms with Crippen molar-refractivity contribution in [3.63, 3.8) is 0 Å². The highest BCUT2D eigenvalue weighted by atomic mass is 16.5. The fraction of sp³-hybridized carbons (Fsp3) is 0.538. The van der Waals surface area contributed by atoms with E-state index in [1.165, 1.54) is 11.1 Å². The molecule has 2 rings (SSSR count). The Balaban J connectivity index is 2.36. The Morgan fingerprint density at radius 3 is 2.88 bits per heavy atom. The van der Waals surface area contributed by atoms with Crippen LogP contribution >= 0.6 is 0 Å². The zero-order valence-corrected chi connectivity index (χ0v) is 10.1. The van der Waals surface area contributed by atoms with Gasteiger partial charge in [0.25, 0.3) is 0 Å². The molecule has 16 heavy (non-hydrogen) atoms. The van der Waals surface area contributed by atoms with Gasteiger partial charge in [-0.15, -0.1) is 0 Å². The number of benzene rings is 1. The van der Waals surface area contributed by atoms with Crippen LogP contribution in [0.15, 0.2) is 12.1 Å². The maximum atomic E-state index is 5.75. The second-order valence-corrected chi connectivity index (χ2v) is 4.35. The molecule has 0 aliphatic carbocycles. The smallest absolute Gasteiger partial charge is 0.124 e. The number of likely N-dealkylation sites (N-methyl/N-ethyl adjacent to an activating group) is 1. The third-order valence-corrected chi connectivity index (χ3v) is 3.11. The predicted molar refractivity (Wildman–Crippen MR) is 65.5 cm³/mol. The van der Waals surface area contributed by atoms with E-state index in [4.69, 9.17) is 10.5 Å². The number of ether oxygens (including phenoxy) is 1. The van der Waals surface area contributed by atoms with E-state index in [1.54, 1.807) is 0 Å². The summed E-state index contributed by atoms with van der Waals surface area (Å²) < 4.78 is 5.63. The van der Waals surface area contributed by atoms with Crippen molar-refractivity contribution < 1.29 is 4.74 Å². The molecule has 2 N–H and O–H groups in total. The van der Waals surface area contributed by atoms with E-state index in [-0.39, 0.29) is 0 Å². The number of rotatable bonds is 3. The molecule has 1 aromatic rings. The lowest BCUT2D eigenvalue weighted by molar-refractivity contribution is 0.307. The van der Waals surface area contributed by atoms with Crippen LogP contribution in [0.5, 0.6) is 5.75 Å². The van der Waals surface area contributed by atoms with Crippen LogP contribution in [0, 0.1) is 0 Å². The van der Waals surface area contributed by atoms with Gasteiger partial charge in [0.05, 0.1) is 6.61 Å². The molecule has 88 valence electrons. The zero-order valence-electron chi connectivity index (χ0n) is 10.1. The molecule has 0 radical (unpaired) electrons. The van der Waals surface area contributed by atoms with Crippen LogP contribution in [0.4, 0.5) is 0 Å². The van der Waals surface area contributed by atoms with Gasteiger partial charge in [0.15, 0.2) is 0 Å². The van der Waals surface area contributed by atoms with Crippen LogP contribution < -0.4 is 10.5 Å². The van der Waals surface area contributed by atoms with Crippen molar-refractivity contribution in [1.29, 1.82) is 0 Å². The Labute approximate surface area is 97.2 Å². The minimum absolute atomic E-state index is 0.554. The Kier molecular flexibility index (Phi) is 3.46. The normalized spacial score (nSPS) is 15.9. The third kappa shape index (κ3) is 2.20. The maximum absolute atomic E-state index is 5.75. The van der Waals surface area contributed by atoms with Gasteiger partial charge in [-0.05, 0) is 37.6 Å². The molecule has 0 amide bonds. The summed E-state index contributed by atoms with van der Waals surface area (Å²) in [5, 5.41) is 0. The standard InChI is InChI=1S/C13H20N2O/c1-3-16-13-7-12-9-15(2)5-4-10(12)6-11(13)8-14/h6-7H,3-5,8-9,14H2,1-2H3. The van der Waals surface area contributed by atoms with E-state index in [1.807, 2.05) is 6.92 Å². The van der Waals surface area contributed by atoms with Gasteiger partial charge < -0.3 is 15.4 Å². The van der Waals surface area contributed by atoms with Gasteiger partial charge >= 0.3 is 0 Å². The number of nitrogens with two attached hydrogens (primary N) is 1. The maximum Gasteiger partial charge on any atom is 0.124 e. The molecule has 1 aliphatic rings. The van der Waals surface area contributed by atoms with Gasteiger partial charge in [-0.2, -0.15) is 0 Å². The molecule has 3 heteroatoms.